The topological polar surface area (TPSA) is 67.2 Å². The minimum Gasteiger partial charge on any atom is -0.362 e. The third-order valence-corrected chi connectivity index (χ3v) is 2.11. The second-order valence-corrected chi connectivity index (χ2v) is 3.86. The Morgan fingerprint density at radius 1 is 1.29 bits per heavy atom. The van der Waals surface area contributed by atoms with Crippen molar-refractivity contribution >= 4 is 17.1 Å². The van der Waals surface area contributed by atoms with E-state index in [0.717, 1.165) is 11.4 Å². The molecule has 1 heterocycles. The van der Waals surface area contributed by atoms with E-state index in [2.05, 4.69) is 10.6 Å². The van der Waals surface area contributed by atoms with Crippen LogP contribution in [0.4, 0.5) is 17.1 Å². The van der Waals surface area contributed by atoms with Crippen molar-refractivity contribution < 1.29 is 4.92 Å². The van der Waals surface area contributed by atoms with E-state index in [-0.39, 0.29) is 11.4 Å². The first-order valence-corrected chi connectivity index (χ1v) is 4.33. The van der Waals surface area contributed by atoms with Gasteiger partial charge >= 0.3 is 0 Å². The van der Waals surface area contributed by atoms with Crippen LogP contribution in [-0.2, 0) is 0 Å². The Balaban J connectivity index is 2.40. The third-order valence-electron chi connectivity index (χ3n) is 2.11. The lowest BCUT2D eigenvalue weighted by atomic mass is 10.2. The molecule has 0 fully saturated rings. The number of nitro groups is 1. The zero-order valence-electron chi connectivity index (χ0n) is 8.00. The number of nitrogens with zero attached hydrogens (tertiary/aromatic N) is 1. The van der Waals surface area contributed by atoms with Gasteiger partial charge in [0, 0.05) is 12.1 Å². The molecule has 0 radical (unpaired) electrons. The molecule has 0 saturated heterocycles. The molecule has 0 bridgehead atoms. The van der Waals surface area contributed by atoms with Gasteiger partial charge < -0.3 is 10.6 Å². The Morgan fingerprint density at radius 3 is 2.57 bits per heavy atom. The minimum absolute atomic E-state index is 0.107. The summed E-state index contributed by atoms with van der Waals surface area (Å²) in [5, 5.41) is 16.9. The monoisotopic (exact) mass is 193 g/mol. The summed E-state index contributed by atoms with van der Waals surface area (Å²) in [4.78, 5) is 10.1. The average molecular weight is 193 g/mol. The Hall–Kier alpha value is -1.78. The molecule has 1 aromatic rings. The van der Waals surface area contributed by atoms with E-state index in [4.69, 9.17) is 0 Å². The van der Waals surface area contributed by atoms with Crippen molar-refractivity contribution in [3.63, 3.8) is 0 Å². The highest BCUT2D eigenvalue weighted by atomic mass is 16.6. The maximum atomic E-state index is 10.5. The van der Waals surface area contributed by atoms with Crippen LogP contribution in [0.1, 0.15) is 13.8 Å². The smallest absolute Gasteiger partial charge is 0.271 e. The molecule has 14 heavy (non-hydrogen) atoms. The standard InChI is InChI=1S/C9H11N3O2/c1-9(2)10-7-4-3-6(12(13)14)5-8(7)11-9/h3-5,10-11H,1-2H3. The summed E-state index contributed by atoms with van der Waals surface area (Å²) >= 11 is 0. The van der Waals surface area contributed by atoms with Gasteiger partial charge in [0.2, 0.25) is 0 Å². The van der Waals surface area contributed by atoms with E-state index in [1.54, 1.807) is 6.07 Å². The summed E-state index contributed by atoms with van der Waals surface area (Å²) in [5.41, 5.74) is 1.55. The van der Waals surface area contributed by atoms with E-state index >= 15 is 0 Å². The molecule has 0 unspecified atom stereocenters. The number of nitro benzene ring substituents is 1. The first-order valence-electron chi connectivity index (χ1n) is 4.33. The van der Waals surface area contributed by atoms with Crippen LogP contribution in [-0.4, -0.2) is 10.6 Å². The number of rotatable bonds is 1. The van der Waals surface area contributed by atoms with Gasteiger partial charge in [-0.05, 0) is 19.9 Å². The lowest BCUT2D eigenvalue weighted by Crippen LogP contribution is -2.33. The molecule has 1 aliphatic rings. The van der Waals surface area contributed by atoms with Crippen LogP contribution in [0.5, 0.6) is 0 Å². The lowest BCUT2D eigenvalue weighted by Gasteiger charge is -2.19. The third kappa shape index (κ3) is 1.37. The maximum absolute atomic E-state index is 10.5. The van der Waals surface area contributed by atoms with Crippen LogP contribution in [0.3, 0.4) is 0 Å². The van der Waals surface area contributed by atoms with E-state index in [1.807, 2.05) is 13.8 Å². The number of anilines is 2. The Bertz CT molecular complexity index is 401. The molecule has 0 aromatic heterocycles. The SMILES string of the molecule is CC1(C)Nc2ccc([N+](=O)[O-])cc2N1. The summed E-state index contributed by atoms with van der Waals surface area (Å²) in [6.45, 7) is 3.94. The van der Waals surface area contributed by atoms with Gasteiger partial charge in [-0.3, -0.25) is 10.1 Å². The van der Waals surface area contributed by atoms with Crippen molar-refractivity contribution in [1.82, 2.24) is 0 Å². The number of fused-ring (bicyclic) bond motifs is 1. The summed E-state index contributed by atoms with van der Waals surface area (Å²) < 4.78 is 0. The molecule has 0 saturated carbocycles. The minimum atomic E-state index is -0.396. The molecule has 2 N–H and O–H groups in total. The van der Waals surface area contributed by atoms with Gasteiger partial charge in [-0.1, -0.05) is 0 Å². The maximum Gasteiger partial charge on any atom is 0.271 e. The van der Waals surface area contributed by atoms with Crippen LogP contribution < -0.4 is 10.6 Å². The molecule has 0 atom stereocenters. The molecule has 0 spiro atoms. The van der Waals surface area contributed by atoms with Crippen molar-refractivity contribution in [1.29, 1.82) is 0 Å². The largest absolute Gasteiger partial charge is 0.362 e. The second kappa shape index (κ2) is 2.60. The first-order chi connectivity index (χ1) is 6.48. The van der Waals surface area contributed by atoms with E-state index in [9.17, 15) is 10.1 Å². The van der Waals surface area contributed by atoms with Gasteiger partial charge in [0.15, 0.2) is 0 Å². The fourth-order valence-corrected chi connectivity index (χ4v) is 1.56. The molecule has 2 rings (SSSR count). The van der Waals surface area contributed by atoms with Crippen molar-refractivity contribution in [3.8, 4) is 0 Å². The predicted molar refractivity (Wildman–Crippen MR) is 54.4 cm³/mol. The van der Waals surface area contributed by atoms with Crippen LogP contribution in [0.25, 0.3) is 0 Å². The fraction of sp³-hybridized carbons (Fsp3) is 0.333. The Morgan fingerprint density at radius 2 is 1.93 bits per heavy atom. The molecular weight excluding hydrogens is 182 g/mol. The Labute approximate surface area is 81.3 Å². The number of non-ortho nitro benzene ring substituents is 1. The molecule has 0 aliphatic carbocycles. The summed E-state index contributed by atoms with van der Waals surface area (Å²) in [5.74, 6) is 0. The van der Waals surface area contributed by atoms with Gasteiger partial charge in [-0.25, -0.2) is 0 Å². The number of nitrogens with one attached hydrogen (secondary N) is 2. The highest BCUT2D eigenvalue weighted by Crippen LogP contribution is 2.35. The highest BCUT2D eigenvalue weighted by molar-refractivity contribution is 5.78. The zero-order valence-corrected chi connectivity index (χ0v) is 8.00. The van der Waals surface area contributed by atoms with Crippen LogP contribution in [0.15, 0.2) is 18.2 Å². The number of hydrogen-bond acceptors (Lipinski definition) is 4. The molecule has 0 amide bonds. The van der Waals surface area contributed by atoms with Crippen molar-refractivity contribution in [2.75, 3.05) is 10.6 Å². The van der Waals surface area contributed by atoms with Gasteiger partial charge in [0.1, 0.15) is 5.66 Å². The Kier molecular flexibility index (Phi) is 1.64. The number of hydrogen-bond donors (Lipinski definition) is 2. The summed E-state index contributed by atoms with van der Waals surface area (Å²) in [6.07, 6.45) is 0. The zero-order chi connectivity index (χ0) is 10.3. The van der Waals surface area contributed by atoms with E-state index in [0.29, 0.717) is 0 Å². The molecule has 1 aromatic carbocycles. The molecule has 5 nitrogen and oxygen atoms in total. The quantitative estimate of drug-likeness (QED) is 0.529. The van der Waals surface area contributed by atoms with Crippen molar-refractivity contribution in [2.45, 2.75) is 19.5 Å². The average Bonchev–Trinajstić information content (AvgIpc) is 2.36. The lowest BCUT2D eigenvalue weighted by molar-refractivity contribution is -0.384. The van der Waals surface area contributed by atoms with Gasteiger partial charge in [-0.2, -0.15) is 0 Å². The van der Waals surface area contributed by atoms with Crippen LogP contribution in [0.2, 0.25) is 0 Å². The van der Waals surface area contributed by atoms with Crippen molar-refractivity contribution in [2.24, 2.45) is 0 Å². The highest BCUT2D eigenvalue weighted by Gasteiger charge is 2.27. The summed E-state index contributed by atoms with van der Waals surface area (Å²) in [7, 11) is 0. The summed E-state index contributed by atoms with van der Waals surface area (Å²) in [6, 6.07) is 4.75. The van der Waals surface area contributed by atoms with Gasteiger partial charge in [0.05, 0.1) is 16.3 Å². The van der Waals surface area contributed by atoms with E-state index < -0.39 is 4.92 Å². The van der Waals surface area contributed by atoms with Crippen LogP contribution in [0, 0.1) is 10.1 Å². The van der Waals surface area contributed by atoms with E-state index in [1.165, 1.54) is 12.1 Å². The normalized spacial score (nSPS) is 16.7. The molecule has 5 heteroatoms. The second-order valence-electron chi connectivity index (χ2n) is 3.86. The van der Waals surface area contributed by atoms with Gasteiger partial charge in [-0.15, -0.1) is 0 Å². The predicted octanol–water partition coefficient (Wildman–Crippen LogP) is 2.17. The number of benzene rings is 1. The first kappa shape index (κ1) is 8.80. The van der Waals surface area contributed by atoms with Gasteiger partial charge in [0.25, 0.3) is 5.69 Å². The molecule has 1 aliphatic heterocycles. The molecule has 74 valence electrons. The molecular formula is C9H11N3O2. The fourth-order valence-electron chi connectivity index (χ4n) is 1.56. The van der Waals surface area contributed by atoms with Crippen molar-refractivity contribution in [3.05, 3.63) is 28.3 Å². The van der Waals surface area contributed by atoms with Crippen LogP contribution >= 0.6 is 0 Å².